The van der Waals surface area contributed by atoms with Crippen molar-refractivity contribution in [2.75, 3.05) is 42.3 Å². The third-order valence-corrected chi connectivity index (χ3v) is 3.99. The Hall–Kier alpha value is -2.40. The van der Waals surface area contributed by atoms with Crippen LogP contribution in [0.5, 0.6) is 0 Å². The van der Waals surface area contributed by atoms with Crippen LogP contribution in [0.3, 0.4) is 0 Å². The molecule has 1 amide bonds. The number of ether oxygens (including phenoxy) is 1. The Bertz CT molecular complexity index is 652. The smallest absolute Gasteiger partial charge is 0.252 e. The number of carbonyl (C=O) groups is 1. The summed E-state index contributed by atoms with van der Waals surface area (Å²) in [7, 11) is 1.46. The number of amides is 1. The summed E-state index contributed by atoms with van der Waals surface area (Å²) >= 11 is 1.29. The molecule has 2 N–H and O–H groups in total. The molecular weight excluding hydrogens is 320 g/mol. The van der Waals surface area contributed by atoms with Gasteiger partial charge in [-0.1, -0.05) is 11.3 Å². The van der Waals surface area contributed by atoms with Crippen molar-refractivity contribution < 1.29 is 9.53 Å². The first-order valence-electron chi connectivity index (χ1n) is 7.02. The summed E-state index contributed by atoms with van der Waals surface area (Å²) in [5.41, 5.74) is 0. The van der Waals surface area contributed by atoms with E-state index in [4.69, 9.17) is 4.74 Å². The molecule has 11 heteroatoms. The molecule has 0 unspecified atom stereocenters. The van der Waals surface area contributed by atoms with Gasteiger partial charge < -0.3 is 15.0 Å². The van der Waals surface area contributed by atoms with E-state index in [-0.39, 0.29) is 18.6 Å². The van der Waals surface area contributed by atoms with Gasteiger partial charge in [-0.2, -0.15) is 5.10 Å². The summed E-state index contributed by atoms with van der Waals surface area (Å²) in [4.78, 5) is 17.7. The van der Waals surface area contributed by atoms with Crippen LogP contribution in [-0.4, -0.2) is 64.1 Å². The summed E-state index contributed by atoms with van der Waals surface area (Å²) in [5, 5.41) is 22.9. The Labute approximate surface area is 136 Å². The van der Waals surface area contributed by atoms with Crippen LogP contribution < -0.4 is 15.5 Å². The minimum absolute atomic E-state index is 0.00889. The molecule has 0 bridgehead atoms. The molecule has 0 spiro atoms. The quantitative estimate of drug-likeness (QED) is 0.751. The van der Waals surface area contributed by atoms with E-state index >= 15 is 0 Å². The second kappa shape index (κ2) is 7.24. The van der Waals surface area contributed by atoms with Gasteiger partial charge in [-0.25, -0.2) is 4.98 Å². The SMILES string of the molecule is COCC(=O)Nc1nnc(N[C@@H]2CCN(c3nccnn3)C2)s1. The zero-order valence-corrected chi connectivity index (χ0v) is 13.3. The molecule has 0 saturated carbocycles. The molecule has 1 aliphatic heterocycles. The van der Waals surface area contributed by atoms with Crippen molar-refractivity contribution in [3.8, 4) is 0 Å². The molecule has 3 rings (SSSR count). The zero-order chi connectivity index (χ0) is 16.1. The van der Waals surface area contributed by atoms with Crippen molar-refractivity contribution in [3.05, 3.63) is 12.4 Å². The van der Waals surface area contributed by atoms with Crippen molar-refractivity contribution in [3.63, 3.8) is 0 Å². The summed E-state index contributed by atoms with van der Waals surface area (Å²) in [6.45, 7) is 1.60. The number of methoxy groups -OCH3 is 1. The first-order chi connectivity index (χ1) is 11.2. The minimum Gasteiger partial charge on any atom is -0.375 e. The Morgan fingerprint density at radius 1 is 1.39 bits per heavy atom. The van der Waals surface area contributed by atoms with Gasteiger partial charge in [0, 0.05) is 26.2 Å². The minimum atomic E-state index is -0.254. The fourth-order valence-electron chi connectivity index (χ4n) is 2.24. The Kier molecular flexibility index (Phi) is 4.88. The number of aromatic nitrogens is 5. The zero-order valence-electron chi connectivity index (χ0n) is 12.5. The molecule has 2 aromatic rings. The third kappa shape index (κ3) is 4.07. The molecule has 10 nitrogen and oxygen atoms in total. The van der Waals surface area contributed by atoms with E-state index in [1.54, 1.807) is 12.4 Å². The summed E-state index contributed by atoms with van der Waals surface area (Å²) in [6, 6.07) is 0.217. The number of hydrogen-bond acceptors (Lipinski definition) is 10. The van der Waals surface area contributed by atoms with Crippen molar-refractivity contribution in [2.45, 2.75) is 12.5 Å². The Morgan fingerprint density at radius 2 is 2.26 bits per heavy atom. The molecule has 1 atom stereocenters. The second-order valence-electron chi connectivity index (χ2n) is 4.91. The van der Waals surface area contributed by atoms with Crippen LogP contribution in [0.1, 0.15) is 6.42 Å². The standard InChI is InChI=1S/C12H16N8O2S/c1-22-7-9(21)16-12-19-18-11(23-12)15-8-2-5-20(6-8)10-13-3-4-14-17-10/h3-4,8H,2,5-7H2,1H3,(H,15,18)(H,16,19,21)/t8-/m1/s1. The van der Waals surface area contributed by atoms with Gasteiger partial charge in [-0.15, -0.1) is 15.3 Å². The largest absolute Gasteiger partial charge is 0.375 e. The lowest BCUT2D eigenvalue weighted by molar-refractivity contribution is -0.119. The van der Waals surface area contributed by atoms with Crippen LogP contribution in [0.2, 0.25) is 0 Å². The lowest BCUT2D eigenvalue weighted by atomic mass is 10.3. The van der Waals surface area contributed by atoms with Gasteiger partial charge in [-0.05, 0) is 6.42 Å². The molecule has 0 radical (unpaired) electrons. The number of hydrogen-bond donors (Lipinski definition) is 2. The highest BCUT2D eigenvalue weighted by molar-refractivity contribution is 7.19. The number of anilines is 3. The van der Waals surface area contributed by atoms with E-state index < -0.39 is 0 Å². The Morgan fingerprint density at radius 3 is 3.04 bits per heavy atom. The topological polar surface area (TPSA) is 118 Å². The normalized spacial score (nSPS) is 17.3. The van der Waals surface area contributed by atoms with Gasteiger partial charge >= 0.3 is 0 Å². The second-order valence-corrected chi connectivity index (χ2v) is 5.89. The molecule has 1 aliphatic rings. The molecule has 0 aromatic carbocycles. The fraction of sp³-hybridized carbons (Fsp3) is 0.500. The molecule has 23 heavy (non-hydrogen) atoms. The summed E-state index contributed by atoms with van der Waals surface area (Å²) in [6.07, 6.45) is 4.11. The van der Waals surface area contributed by atoms with E-state index in [1.165, 1.54) is 18.4 Å². The molecule has 1 saturated heterocycles. The Balaban J connectivity index is 1.53. The maximum absolute atomic E-state index is 11.4. The van der Waals surface area contributed by atoms with Crippen molar-refractivity contribution in [2.24, 2.45) is 0 Å². The fourth-order valence-corrected chi connectivity index (χ4v) is 2.98. The van der Waals surface area contributed by atoms with Crippen molar-refractivity contribution in [1.82, 2.24) is 25.4 Å². The van der Waals surface area contributed by atoms with E-state index in [0.29, 0.717) is 16.2 Å². The predicted molar refractivity (Wildman–Crippen MR) is 84.5 cm³/mol. The van der Waals surface area contributed by atoms with Crippen LogP contribution in [0.4, 0.5) is 16.2 Å². The average molecular weight is 336 g/mol. The highest BCUT2D eigenvalue weighted by Gasteiger charge is 2.25. The van der Waals surface area contributed by atoms with Gasteiger partial charge in [0.05, 0.1) is 12.4 Å². The van der Waals surface area contributed by atoms with E-state index in [0.717, 1.165) is 19.5 Å². The van der Waals surface area contributed by atoms with Crippen molar-refractivity contribution >= 4 is 33.5 Å². The number of nitrogens with one attached hydrogen (secondary N) is 2. The van der Waals surface area contributed by atoms with Crippen LogP contribution in [-0.2, 0) is 9.53 Å². The van der Waals surface area contributed by atoms with Gasteiger partial charge in [0.1, 0.15) is 6.61 Å². The maximum Gasteiger partial charge on any atom is 0.252 e. The predicted octanol–water partition coefficient (Wildman–Crippen LogP) is -0.00120. The number of rotatable bonds is 6. The number of carbonyl (C=O) groups excluding carboxylic acids is 1. The van der Waals surface area contributed by atoms with E-state index in [1.807, 2.05) is 0 Å². The summed E-state index contributed by atoms with van der Waals surface area (Å²) < 4.78 is 4.75. The lowest BCUT2D eigenvalue weighted by Gasteiger charge is -2.15. The molecule has 2 aromatic heterocycles. The molecule has 1 fully saturated rings. The monoisotopic (exact) mass is 336 g/mol. The lowest BCUT2D eigenvalue weighted by Crippen LogP contribution is -2.27. The third-order valence-electron chi connectivity index (χ3n) is 3.22. The first-order valence-corrected chi connectivity index (χ1v) is 7.83. The van der Waals surface area contributed by atoms with Gasteiger partial charge in [0.15, 0.2) is 0 Å². The molecule has 3 heterocycles. The molecule has 0 aliphatic carbocycles. The van der Waals surface area contributed by atoms with E-state index in [2.05, 4.69) is 40.9 Å². The van der Waals surface area contributed by atoms with Crippen LogP contribution in [0.25, 0.3) is 0 Å². The van der Waals surface area contributed by atoms with Crippen LogP contribution in [0, 0.1) is 0 Å². The summed E-state index contributed by atoms with van der Waals surface area (Å²) in [5.74, 6) is 0.373. The van der Waals surface area contributed by atoms with Crippen LogP contribution >= 0.6 is 11.3 Å². The van der Waals surface area contributed by atoms with Crippen LogP contribution in [0.15, 0.2) is 12.4 Å². The average Bonchev–Trinajstić information content (AvgIpc) is 3.19. The van der Waals surface area contributed by atoms with Gasteiger partial charge in [0.25, 0.3) is 5.91 Å². The highest BCUT2D eigenvalue weighted by Crippen LogP contribution is 2.23. The van der Waals surface area contributed by atoms with Crippen molar-refractivity contribution in [1.29, 1.82) is 0 Å². The van der Waals surface area contributed by atoms with Gasteiger partial charge in [-0.3, -0.25) is 10.1 Å². The molecule has 122 valence electrons. The highest BCUT2D eigenvalue weighted by atomic mass is 32.1. The maximum atomic E-state index is 11.4. The first kappa shape index (κ1) is 15.5. The number of nitrogens with zero attached hydrogens (tertiary/aromatic N) is 6. The molecular formula is C12H16N8O2S. The van der Waals surface area contributed by atoms with Gasteiger partial charge in [0.2, 0.25) is 16.2 Å². The van der Waals surface area contributed by atoms with E-state index in [9.17, 15) is 4.79 Å².